The first-order chi connectivity index (χ1) is 7.09. The molecule has 86 valence electrons. The minimum Gasteiger partial charge on any atom is -0.308 e. The van der Waals surface area contributed by atoms with Gasteiger partial charge in [0, 0.05) is 11.6 Å². The highest BCUT2D eigenvalue weighted by molar-refractivity contribution is 4.96. The van der Waals surface area contributed by atoms with Gasteiger partial charge in [-0.2, -0.15) is 5.26 Å². The van der Waals surface area contributed by atoms with Crippen molar-refractivity contribution in [1.29, 1.82) is 5.26 Å². The molecule has 0 aromatic heterocycles. The van der Waals surface area contributed by atoms with Crippen LogP contribution in [0.4, 0.5) is 0 Å². The van der Waals surface area contributed by atoms with E-state index in [0.717, 1.165) is 12.8 Å². The molecule has 1 aliphatic carbocycles. The molecular formula is C13H24N2. The Morgan fingerprint density at radius 2 is 1.93 bits per heavy atom. The molecule has 15 heavy (non-hydrogen) atoms. The highest BCUT2D eigenvalue weighted by Crippen LogP contribution is 2.25. The number of nitrogens with one attached hydrogen (secondary N) is 1. The summed E-state index contributed by atoms with van der Waals surface area (Å²) in [6.07, 6.45) is 7.15. The fourth-order valence-electron chi connectivity index (χ4n) is 2.24. The van der Waals surface area contributed by atoms with Gasteiger partial charge in [0.2, 0.25) is 0 Å². The second kappa shape index (κ2) is 5.51. The van der Waals surface area contributed by atoms with Gasteiger partial charge in [0.1, 0.15) is 0 Å². The van der Waals surface area contributed by atoms with Crippen molar-refractivity contribution in [2.75, 3.05) is 0 Å². The summed E-state index contributed by atoms with van der Waals surface area (Å²) in [6, 6.07) is 2.89. The van der Waals surface area contributed by atoms with Crippen molar-refractivity contribution in [3.05, 3.63) is 0 Å². The van der Waals surface area contributed by atoms with Crippen molar-refractivity contribution < 1.29 is 0 Å². The van der Waals surface area contributed by atoms with Gasteiger partial charge in [0.15, 0.2) is 0 Å². The van der Waals surface area contributed by atoms with Crippen LogP contribution in [0.15, 0.2) is 0 Å². The van der Waals surface area contributed by atoms with Crippen molar-refractivity contribution >= 4 is 0 Å². The van der Waals surface area contributed by atoms with E-state index in [9.17, 15) is 0 Å². The van der Waals surface area contributed by atoms with Gasteiger partial charge >= 0.3 is 0 Å². The molecule has 0 spiro atoms. The minimum atomic E-state index is 0.171. The van der Waals surface area contributed by atoms with Crippen LogP contribution in [-0.2, 0) is 0 Å². The van der Waals surface area contributed by atoms with E-state index in [1.807, 2.05) is 0 Å². The van der Waals surface area contributed by atoms with Gasteiger partial charge in [-0.15, -0.1) is 0 Å². The molecule has 1 aliphatic rings. The third-order valence-electron chi connectivity index (χ3n) is 3.64. The van der Waals surface area contributed by atoms with Crippen molar-refractivity contribution in [3.63, 3.8) is 0 Å². The van der Waals surface area contributed by atoms with E-state index in [2.05, 4.69) is 32.2 Å². The lowest BCUT2D eigenvalue weighted by Gasteiger charge is -2.32. The lowest BCUT2D eigenvalue weighted by atomic mass is 9.92. The second-order valence-corrected chi connectivity index (χ2v) is 5.36. The van der Waals surface area contributed by atoms with E-state index in [1.165, 1.54) is 25.7 Å². The Morgan fingerprint density at radius 1 is 1.27 bits per heavy atom. The standard InChI is InChI=1S/C13H24N2/c1-4-13(2,3)15-12-9-7-5-6-8-11(12)10-14/h11-12,15H,4-9H2,1-3H3. The lowest BCUT2D eigenvalue weighted by molar-refractivity contribution is 0.277. The summed E-state index contributed by atoms with van der Waals surface area (Å²) < 4.78 is 0. The second-order valence-electron chi connectivity index (χ2n) is 5.36. The molecule has 0 saturated heterocycles. The van der Waals surface area contributed by atoms with Gasteiger partial charge in [-0.05, 0) is 33.1 Å². The Labute approximate surface area is 94.1 Å². The zero-order valence-electron chi connectivity index (χ0n) is 10.3. The summed E-state index contributed by atoms with van der Waals surface area (Å²) in [6.45, 7) is 6.66. The molecule has 0 radical (unpaired) electrons. The summed E-state index contributed by atoms with van der Waals surface area (Å²) >= 11 is 0. The number of rotatable bonds is 3. The zero-order chi connectivity index (χ0) is 11.3. The smallest absolute Gasteiger partial charge is 0.0672 e. The molecule has 2 heteroatoms. The van der Waals surface area contributed by atoms with E-state index in [4.69, 9.17) is 5.26 Å². The Bertz CT molecular complexity index is 227. The van der Waals surface area contributed by atoms with Gasteiger partial charge in [-0.1, -0.05) is 26.2 Å². The first-order valence-corrected chi connectivity index (χ1v) is 6.26. The molecule has 2 unspecified atom stereocenters. The molecule has 2 atom stereocenters. The maximum atomic E-state index is 9.17. The summed E-state index contributed by atoms with van der Waals surface area (Å²) in [5, 5.41) is 12.8. The van der Waals surface area contributed by atoms with E-state index in [1.54, 1.807) is 0 Å². The Balaban J connectivity index is 2.60. The van der Waals surface area contributed by atoms with E-state index in [0.29, 0.717) is 6.04 Å². The molecule has 1 fully saturated rings. The van der Waals surface area contributed by atoms with Crippen molar-refractivity contribution in [3.8, 4) is 6.07 Å². The predicted molar refractivity (Wildman–Crippen MR) is 63.5 cm³/mol. The van der Waals surface area contributed by atoms with Gasteiger partial charge in [0.25, 0.3) is 0 Å². The summed E-state index contributed by atoms with van der Waals surface area (Å²) in [5.41, 5.74) is 0.171. The van der Waals surface area contributed by atoms with Gasteiger partial charge in [-0.3, -0.25) is 0 Å². The first-order valence-electron chi connectivity index (χ1n) is 6.26. The van der Waals surface area contributed by atoms with Crippen molar-refractivity contribution in [2.45, 2.75) is 70.9 Å². The maximum absolute atomic E-state index is 9.17. The Morgan fingerprint density at radius 3 is 2.53 bits per heavy atom. The molecule has 1 saturated carbocycles. The normalized spacial score (nSPS) is 28.1. The van der Waals surface area contributed by atoms with Gasteiger partial charge < -0.3 is 5.32 Å². The van der Waals surface area contributed by atoms with Crippen LogP contribution < -0.4 is 5.32 Å². The van der Waals surface area contributed by atoms with Crippen molar-refractivity contribution in [2.24, 2.45) is 5.92 Å². The third-order valence-corrected chi connectivity index (χ3v) is 3.64. The Hall–Kier alpha value is -0.550. The predicted octanol–water partition coefficient (Wildman–Crippen LogP) is 3.24. The lowest BCUT2D eigenvalue weighted by Crippen LogP contribution is -2.48. The first kappa shape index (κ1) is 12.5. The van der Waals surface area contributed by atoms with Gasteiger partial charge in [-0.25, -0.2) is 0 Å². The summed E-state index contributed by atoms with van der Waals surface area (Å²) in [5.74, 6) is 0.221. The van der Waals surface area contributed by atoms with Crippen LogP contribution in [0.1, 0.15) is 59.3 Å². The Kier molecular flexibility index (Phi) is 4.60. The quantitative estimate of drug-likeness (QED) is 0.723. The average Bonchev–Trinajstić information content (AvgIpc) is 2.42. The van der Waals surface area contributed by atoms with Crippen LogP contribution >= 0.6 is 0 Å². The summed E-state index contributed by atoms with van der Waals surface area (Å²) in [4.78, 5) is 0. The maximum Gasteiger partial charge on any atom is 0.0672 e. The largest absolute Gasteiger partial charge is 0.308 e. The summed E-state index contributed by atoms with van der Waals surface area (Å²) in [7, 11) is 0. The van der Waals surface area contributed by atoms with Crippen LogP contribution in [0.2, 0.25) is 0 Å². The molecule has 0 amide bonds. The molecule has 0 aromatic rings. The zero-order valence-corrected chi connectivity index (χ0v) is 10.3. The van der Waals surface area contributed by atoms with E-state index in [-0.39, 0.29) is 11.5 Å². The molecule has 1 rings (SSSR count). The highest BCUT2D eigenvalue weighted by atomic mass is 15.0. The van der Waals surface area contributed by atoms with Crippen molar-refractivity contribution in [1.82, 2.24) is 5.32 Å². The van der Waals surface area contributed by atoms with Crippen LogP contribution in [-0.4, -0.2) is 11.6 Å². The average molecular weight is 208 g/mol. The molecular weight excluding hydrogens is 184 g/mol. The van der Waals surface area contributed by atoms with Crippen LogP contribution in [0.25, 0.3) is 0 Å². The van der Waals surface area contributed by atoms with Crippen LogP contribution in [0.5, 0.6) is 0 Å². The molecule has 0 bridgehead atoms. The highest BCUT2D eigenvalue weighted by Gasteiger charge is 2.27. The molecule has 0 aromatic carbocycles. The SMILES string of the molecule is CCC(C)(C)NC1CCCCCC1C#N. The fourth-order valence-corrected chi connectivity index (χ4v) is 2.24. The van der Waals surface area contributed by atoms with E-state index >= 15 is 0 Å². The molecule has 1 N–H and O–H groups in total. The van der Waals surface area contributed by atoms with Crippen LogP contribution in [0.3, 0.4) is 0 Å². The minimum absolute atomic E-state index is 0.171. The van der Waals surface area contributed by atoms with Gasteiger partial charge in [0.05, 0.1) is 12.0 Å². The van der Waals surface area contributed by atoms with E-state index < -0.39 is 0 Å². The fraction of sp³-hybridized carbons (Fsp3) is 0.923. The third kappa shape index (κ3) is 3.83. The molecule has 2 nitrogen and oxygen atoms in total. The molecule has 0 aliphatic heterocycles. The topological polar surface area (TPSA) is 35.8 Å². The monoisotopic (exact) mass is 208 g/mol. The van der Waals surface area contributed by atoms with Crippen LogP contribution in [0, 0.1) is 17.2 Å². The number of nitrogens with zero attached hydrogens (tertiary/aromatic N) is 1. The molecule has 0 heterocycles. The number of hydrogen-bond donors (Lipinski definition) is 1. The number of nitriles is 1. The number of hydrogen-bond acceptors (Lipinski definition) is 2.